The molecule has 1 aromatic rings. The maximum atomic E-state index is 13.2. The number of amides is 2. The standard InChI is InChI=1S/C16H21FN2O2/c1-11(2)15-16(21)19(9-7-14(20)18-15)8-6-12-4-3-5-13(17)10-12/h3-5,10-11,15H,6-9H2,1-2H3,(H,18,20). The van der Waals surface area contributed by atoms with Crippen molar-refractivity contribution in [2.75, 3.05) is 13.1 Å². The second-order valence-electron chi connectivity index (χ2n) is 5.74. The maximum absolute atomic E-state index is 13.2. The van der Waals surface area contributed by atoms with Gasteiger partial charge in [0.2, 0.25) is 11.8 Å². The molecule has 0 saturated carbocycles. The van der Waals surface area contributed by atoms with Crippen LogP contribution < -0.4 is 5.32 Å². The summed E-state index contributed by atoms with van der Waals surface area (Å²) in [4.78, 5) is 25.8. The van der Waals surface area contributed by atoms with Crippen LogP contribution in [0, 0.1) is 11.7 Å². The number of carbonyl (C=O) groups excluding carboxylic acids is 2. The number of nitrogens with one attached hydrogen (secondary N) is 1. The highest BCUT2D eigenvalue weighted by molar-refractivity contribution is 5.90. The van der Waals surface area contributed by atoms with Gasteiger partial charge in [0, 0.05) is 19.5 Å². The first-order chi connectivity index (χ1) is 9.97. The molecular weight excluding hydrogens is 271 g/mol. The number of rotatable bonds is 4. The molecule has 1 saturated heterocycles. The van der Waals surface area contributed by atoms with Crippen molar-refractivity contribution >= 4 is 11.8 Å². The molecule has 1 atom stereocenters. The molecule has 1 unspecified atom stereocenters. The minimum atomic E-state index is -0.465. The van der Waals surface area contributed by atoms with E-state index in [2.05, 4.69) is 5.32 Å². The second-order valence-corrected chi connectivity index (χ2v) is 5.74. The first-order valence-electron chi connectivity index (χ1n) is 7.30. The first-order valence-corrected chi connectivity index (χ1v) is 7.30. The molecular formula is C16H21FN2O2. The third kappa shape index (κ3) is 4.03. The summed E-state index contributed by atoms with van der Waals surface area (Å²) in [5.74, 6) is -0.356. The van der Waals surface area contributed by atoms with Gasteiger partial charge in [-0.3, -0.25) is 9.59 Å². The molecule has 0 aliphatic carbocycles. The summed E-state index contributed by atoms with van der Waals surface area (Å²) in [7, 11) is 0. The van der Waals surface area contributed by atoms with Gasteiger partial charge in [-0.1, -0.05) is 26.0 Å². The fraction of sp³-hybridized carbons (Fsp3) is 0.500. The van der Waals surface area contributed by atoms with Crippen LogP contribution in [0.3, 0.4) is 0 Å². The van der Waals surface area contributed by atoms with E-state index in [9.17, 15) is 14.0 Å². The zero-order chi connectivity index (χ0) is 15.4. The van der Waals surface area contributed by atoms with E-state index in [0.29, 0.717) is 25.9 Å². The summed E-state index contributed by atoms with van der Waals surface area (Å²) in [5.41, 5.74) is 0.854. The van der Waals surface area contributed by atoms with E-state index in [1.54, 1.807) is 11.0 Å². The Labute approximate surface area is 124 Å². The Morgan fingerprint density at radius 3 is 2.81 bits per heavy atom. The van der Waals surface area contributed by atoms with Gasteiger partial charge in [0.15, 0.2) is 0 Å². The number of hydrogen-bond acceptors (Lipinski definition) is 2. The van der Waals surface area contributed by atoms with Crippen LogP contribution >= 0.6 is 0 Å². The molecule has 4 nitrogen and oxygen atoms in total. The van der Waals surface area contributed by atoms with Crippen LogP contribution in [-0.4, -0.2) is 35.8 Å². The lowest BCUT2D eigenvalue weighted by Gasteiger charge is -2.26. The molecule has 1 aromatic carbocycles. The molecule has 1 N–H and O–H groups in total. The van der Waals surface area contributed by atoms with Crippen molar-refractivity contribution in [3.63, 3.8) is 0 Å². The molecule has 0 radical (unpaired) electrons. The van der Waals surface area contributed by atoms with Crippen molar-refractivity contribution in [3.05, 3.63) is 35.6 Å². The molecule has 21 heavy (non-hydrogen) atoms. The third-order valence-electron chi connectivity index (χ3n) is 3.73. The van der Waals surface area contributed by atoms with E-state index in [4.69, 9.17) is 0 Å². The number of carbonyl (C=O) groups is 2. The molecule has 114 valence electrons. The Morgan fingerprint density at radius 2 is 2.14 bits per heavy atom. The molecule has 1 fully saturated rings. The largest absolute Gasteiger partial charge is 0.344 e. The Hall–Kier alpha value is -1.91. The number of nitrogens with zero attached hydrogens (tertiary/aromatic N) is 1. The van der Waals surface area contributed by atoms with Gasteiger partial charge in [0.05, 0.1) is 0 Å². The molecule has 2 rings (SSSR count). The van der Waals surface area contributed by atoms with Gasteiger partial charge >= 0.3 is 0 Å². The van der Waals surface area contributed by atoms with Crippen molar-refractivity contribution in [2.45, 2.75) is 32.7 Å². The Kier molecular flexibility index (Phi) is 4.94. The minimum absolute atomic E-state index is 0.0488. The molecule has 1 aliphatic heterocycles. The second kappa shape index (κ2) is 6.70. The molecule has 0 spiro atoms. The van der Waals surface area contributed by atoms with Crippen molar-refractivity contribution in [3.8, 4) is 0 Å². The fourth-order valence-electron chi connectivity index (χ4n) is 2.48. The Balaban J connectivity index is 2.04. The topological polar surface area (TPSA) is 49.4 Å². The summed E-state index contributed by atoms with van der Waals surface area (Å²) >= 11 is 0. The smallest absolute Gasteiger partial charge is 0.245 e. The molecule has 2 amide bonds. The van der Waals surface area contributed by atoms with E-state index in [0.717, 1.165) is 5.56 Å². The number of benzene rings is 1. The molecule has 5 heteroatoms. The van der Waals surface area contributed by atoms with E-state index >= 15 is 0 Å². The van der Waals surface area contributed by atoms with Gasteiger partial charge in [-0.05, 0) is 30.0 Å². The normalized spacial score (nSPS) is 19.6. The van der Waals surface area contributed by atoms with E-state index < -0.39 is 6.04 Å². The van der Waals surface area contributed by atoms with Crippen LogP contribution in [-0.2, 0) is 16.0 Å². The lowest BCUT2D eigenvalue weighted by molar-refractivity contribution is -0.134. The van der Waals surface area contributed by atoms with Gasteiger partial charge in [0.25, 0.3) is 0 Å². The average molecular weight is 292 g/mol. The fourth-order valence-corrected chi connectivity index (χ4v) is 2.48. The zero-order valence-corrected chi connectivity index (χ0v) is 12.4. The maximum Gasteiger partial charge on any atom is 0.245 e. The average Bonchev–Trinajstić information content (AvgIpc) is 2.57. The summed E-state index contributed by atoms with van der Waals surface area (Å²) in [6, 6.07) is 5.92. The van der Waals surface area contributed by atoms with Gasteiger partial charge < -0.3 is 10.2 Å². The van der Waals surface area contributed by atoms with Gasteiger partial charge in [0.1, 0.15) is 11.9 Å². The van der Waals surface area contributed by atoms with Crippen LogP contribution in [0.15, 0.2) is 24.3 Å². The van der Waals surface area contributed by atoms with Crippen LogP contribution in [0.25, 0.3) is 0 Å². The van der Waals surface area contributed by atoms with Crippen LogP contribution in [0.1, 0.15) is 25.8 Å². The minimum Gasteiger partial charge on any atom is -0.344 e. The highest BCUT2D eigenvalue weighted by atomic mass is 19.1. The van der Waals surface area contributed by atoms with E-state index in [-0.39, 0.29) is 23.5 Å². The Bertz CT molecular complexity index is 531. The molecule has 0 aromatic heterocycles. The lowest BCUT2D eigenvalue weighted by Crippen LogP contribution is -2.48. The van der Waals surface area contributed by atoms with Crippen LogP contribution in [0.2, 0.25) is 0 Å². The molecule has 1 heterocycles. The third-order valence-corrected chi connectivity index (χ3v) is 3.73. The Morgan fingerprint density at radius 1 is 1.38 bits per heavy atom. The number of hydrogen-bond donors (Lipinski definition) is 1. The lowest BCUT2D eigenvalue weighted by atomic mass is 10.0. The molecule has 0 bridgehead atoms. The highest BCUT2D eigenvalue weighted by Gasteiger charge is 2.31. The number of halogens is 1. The quantitative estimate of drug-likeness (QED) is 0.919. The predicted molar refractivity (Wildman–Crippen MR) is 78.1 cm³/mol. The monoisotopic (exact) mass is 292 g/mol. The van der Waals surface area contributed by atoms with Gasteiger partial charge in [-0.15, -0.1) is 0 Å². The highest BCUT2D eigenvalue weighted by Crippen LogP contribution is 2.12. The van der Waals surface area contributed by atoms with Crippen molar-refractivity contribution < 1.29 is 14.0 Å². The van der Waals surface area contributed by atoms with Crippen molar-refractivity contribution in [2.24, 2.45) is 5.92 Å². The van der Waals surface area contributed by atoms with Gasteiger partial charge in [-0.2, -0.15) is 0 Å². The summed E-state index contributed by atoms with van der Waals surface area (Å²) in [6.07, 6.45) is 0.903. The summed E-state index contributed by atoms with van der Waals surface area (Å²) < 4.78 is 13.2. The summed E-state index contributed by atoms with van der Waals surface area (Å²) in [5, 5.41) is 2.78. The SMILES string of the molecule is CC(C)C1NC(=O)CCN(CCc2cccc(F)c2)C1=O. The van der Waals surface area contributed by atoms with Crippen molar-refractivity contribution in [1.29, 1.82) is 0 Å². The zero-order valence-electron chi connectivity index (χ0n) is 12.4. The van der Waals surface area contributed by atoms with Crippen LogP contribution in [0.4, 0.5) is 4.39 Å². The van der Waals surface area contributed by atoms with E-state index in [1.807, 2.05) is 19.9 Å². The molecule has 1 aliphatic rings. The van der Waals surface area contributed by atoms with Crippen molar-refractivity contribution in [1.82, 2.24) is 10.2 Å². The first kappa shape index (κ1) is 15.5. The van der Waals surface area contributed by atoms with E-state index in [1.165, 1.54) is 12.1 Å². The predicted octanol–water partition coefficient (Wildman–Crippen LogP) is 1.74. The van der Waals surface area contributed by atoms with Crippen LogP contribution in [0.5, 0.6) is 0 Å². The van der Waals surface area contributed by atoms with Gasteiger partial charge in [-0.25, -0.2) is 4.39 Å². The summed E-state index contributed by atoms with van der Waals surface area (Å²) in [6.45, 7) is 4.75.